The molecule has 0 aliphatic carbocycles. The third kappa shape index (κ3) is 7.28. The molecule has 0 saturated heterocycles. The Bertz CT molecular complexity index is 153. The number of hydrogen-bond acceptors (Lipinski definition) is 2. The van der Waals surface area contributed by atoms with E-state index >= 15 is 0 Å². The molecule has 3 heteroatoms. The number of carbonyl (C=O) groups excluding carboxylic acids is 1. The molecule has 0 fully saturated rings. The lowest BCUT2D eigenvalue weighted by atomic mass is 10.2. The minimum atomic E-state index is -0.110. The normalized spacial score (nSPS) is 11.0. The summed E-state index contributed by atoms with van der Waals surface area (Å²) in [5.41, 5.74) is 0. The molecular formula is C9H17NO2. The quantitative estimate of drug-likeness (QED) is 0.385. The summed E-state index contributed by atoms with van der Waals surface area (Å²) in [7, 11) is 0. The van der Waals surface area contributed by atoms with Crippen LogP contribution in [0.1, 0.15) is 20.8 Å². The Labute approximate surface area is 73.8 Å². The van der Waals surface area contributed by atoms with Gasteiger partial charge in [-0.3, -0.25) is 4.79 Å². The van der Waals surface area contributed by atoms with E-state index in [0.717, 1.165) is 0 Å². The molecule has 0 aliphatic heterocycles. The van der Waals surface area contributed by atoms with Crippen molar-refractivity contribution in [2.75, 3.05) is 13.3 Å². The number of ether oxygens (including phenoxy) is 1. The van der Waals surface area contributed by atoms with Gasteiger partial charge in [0, 0.05) is 0 Å². The van der Waals surface area contributed by atoms with Crippen molar-refractivity contribution in [2.24, 2.45) is 5.92 Å². The van der Waals surface area contributed by atoms with E-state index in [2.05, 4.69) is 19.2 Å². The van der Waals surface area contributed by atoms with Crippen LogP contribution in [0.5, 0.6) is 0 Å². The van der Waals surface area contributed by atoms with Gasteiger partial charge in [0.2, 0.25) is 5.91 Å². The summed E-state index contributed by atoms with van der Waals surface area (Å²) in [5.74, 6) is 0.393. The zero-order chi connectivity index (χ0) is 9.40. The lowest BCUT2D eigenvalue weighted by Crippen LogP contribution is -2.25. The van der Waals surface area contributed by atoms with Crippen molar-refractivity contribution >= 4 is 5.91 Å². The molecule has 0 heterocycles. The fourth-order valence-corrected chi connectivity index (χ4v) is 0.627. The molecule has 1 amide bonds. The monoisotopic (exact) mass is 171 g/mol. The van der Waals surface area contributed by atoms with E-state index in [1.54, 1.807) is 13.0 Å². The standard InChI is InChI=1S/C9H17NO2/c1-4-5-9(11)10-7-12-6-8(2)3/h4-5,8H,6-7H2,1-3H3,(H,10,11)/b5-4+. The minimum Gasteiger partial charge on any atom is -0.361 e. The molecule has 0 aliphatic rings. The molecule has 0 rings (SSSR count). The lowest BCUT2D eigenvalue weighted by molar-refractivity contribution is -0.118. The number of carbonyl (C=O) groups is 1. The fourth-order valence-electron chi connectivity index (χ4n) is 0.627. The van der Waals surface area contributed by atoms with Crippen molar-refractivity contribution < 1.29 is 9.53 Å². The molecule has 0 bridgehead atoms. The van der Waals surface area contributed by atoms with Crippen LogP contribution in [0, 0.1) is 5.92 Å². The van der Waals surface area contributed by atoms with E-state index in [0.29, 0.717) is 19.3 Å². The Hall–Kier alpha value is -0.830. The maximum Gasteiger partial charge on any atom is 0.245 e. The van der Waals surface area contributed by atoms with Gasteiger partial charge in [0.25, 0.3) is 0 Å². The first-order valence-electron chi connectivity index (χ1n) is 4.15. The van der Waals surface area contributed by atoms with E-state index in [1.165, 1.54) is 6.08 Å². The number of allylic oxidation sites excluding steroid dienone is 1. The predicted molar refractivity (Wildman–Crippen MR) is 48.6 cm³/mol. The van der Waals surface area contributed by atoms with Crippen LogP contribution >= 0.6 is 0 Å². The maximum atomic E-state index is 10.8. The van der Waals surface area contributed by atoms with Gasteiger partial charge in [-0.25, -0.2) is 0 Å². The van der Waals surface area contributed by atoms with Crippen LogP contribution < -0.4 is 5.32 Å². The van der Waals surface area contributed by atoms with Crippen LogP contribution in [0.2, 0.25) is 0 Å². The second kappa shape index (κ2) is 6.85. The van der Waals surface area contributed by atoms with Crippen molar-refractivity contribution in [3.05, 3.63) is 12.2 Å². The largest absolute Gasteiger partial charge is 0.361 e. The molecule has 0 aromatic rings. The van der Waals surface area contributed by atoms with Crippen LogP contribution in [0.15, 0.2) is 12.2 Å². The van der Waals surface area contributed by atoms with Crippen molar-refractivity contribution in [3.8, 4) is 0 Å². The highest BCUT2D eigenvalue weighted by molar-refractivity contribution is 5.87. The van der Waals surface area contributed by atoms with Crippen LogP contribution in [0.25, 0.3) is 0 Å². The summed E-state index contributed by atoms with van der Waals surface area (Å²) in [6.45, 7) is 6.90. The van der Waals surface area contributed by atoms with Gasteiger partial charge >= 0.3 is 0 Å². The number of amides is 1. The zero-order valence-electron chi connectivity index (χ0n) is 7.96. The smallest absolute Gasteiger partial charge is 0.245 e. The van der Waals surface area contributed by atoms with Gasteiger partial charge in [-0.1, -0.05) is 19.9 Å². The van der Waals surface area contributed by atoms with E-state index in [1.807, 2.05) is 0 Å². The highest BCUT2D eigenvalue weighted by atomic mass is 16.5. The van der Waals surface area contributed by atoms with Gasteiger partial charge in [0.15, 0.2) is 0 Å². The fraction of sp³-hybridized carbons (Fsp3) is 0.667. The predicted octanol–water partition coefficient (Wildman–Crippen LogP) is 1.31. The Kier molecular flexibility index (Phi) is 6.38. The summed E-state index contributed by atoms with van der Waals surface area (Å²) >= 11 is 0. The summed E-state index contributed by atoms with van der Waals surface area (Å²) in [5, 5.41) is 2.59. The van der Waals surface area contributed by atoms with Gasteiger partial charge in [-0.2, -0.15) is 0 Å². The van der Waals surface area contributed by atoms with E-state index in [9.17, 15) is 4.79 Å². The maximum absolute atomic E-state index is 10.8. The average molecular weight is 171 g/mol. The lowest BCUT2D eigenvalue weighted by Gasteiger charge is -2.06. The van der Waals surface area contributed by atoms with Crippen LogP contribution in [-0.2, 0) is 9.53 Å². The van der Waals surface area contributed by atoms with E-state index in [4.69, 9.17) is 4.74 Å². The highest BCUT2D eigenvalue weighted by Gasteiger charge is 1.94. The molecule has 0 aromatic heterocycles. The molecule has 0 atom stereocenters. The van der Waals surface area contributed by atoms with Gasteiger partial charge in [-0.05, 0) is 18.9 Å². The molecule has 0 radical (unpaired) electrons. The molecule has 0 saturated carbocycles. The second-order valence-corrected chi connectivity index (χ2v) is 2.95. The van der Waals surface area contributed by atoms with Crippen LogP contribution in [-0.4, -0.2) is 19.2 Å². The molecule has 12 heavy (non-hydrogen) atoms. The van der Waals surface area contributed by atoms with Gasteiger partial charge < -0.3 is 10.1 Å². The highest BCUT2D eigenvalue weighted by Crippen LogP contribution is 1.90. The molecule has 1 N–H and O–H groups in total. The van der Waals surface area contributed by atoms with E-state index in [-0.39, 0.29) is 5.91 Å². The summed E-state index contributed by atoms with van der Waals surface area (Å²) in [6.07, 6.45) is 3.16. The Morgan fingerprint density at radius 2 is 2.25 bits per heavy atom. The van der Waals surface area contributed by atoms with Crippen molar-refractivity contribution in [1.82, 2.24) is 5.32 Å². The Morgan fingerprint density at radius 3 is 2.75 bits per heavy atom. The first-order chi connectivity index (χ1) is 5.66. The zero-order valence-corrected chi connectivity index (χ0v) is 7.96. The van der Waals surface area contributed by atoms with E-state index < -0.39 is 0 Å². The average Bonchev–Trinajstić information content (AvgIpc) is 1.98. The van der Waals surface area contributed by atoms with Gasteiger partial charge in [0.1, 0.15) is 6.73 Å². The topological polar surface area (TPSA) is 38.3 Å². The molecular weight excluding hydrogens is 154 g/mol. The summed E-state index contributed by atoms with van der Waals surface area (Å²) in [6, 6.07) is 0. The van der Waals surface area contributed by atoms with Gasteiger partial charge in [0.05, 0.1) is 6.61 Å². The Morgan fingerprint density at radius 1 is 1.58 bits per heavy atom. The number of nitrogens with one attached hydrogen (secondary N) is 1. The third-order valence-corrected chi connectivity index (χ3v) is 1.12. The first-order valence-corrected chi connectivity index (χ1v) is 4.15. The molecule has 70 valence electrons. The molecule has 0 unspecified atom stereocenters. The minimum absolute atomic E-state index is 0.110. The number of rotatable bonds is 5. The second-order valence-electron chi connectivity index (χ2n) is 2.95. The summed E-state index contributed by atoms with van der Waals surface area (Å²) in [4.78, 5) is 10.8. The SMILES string of the molecule is C/C=C/C(=O)NCOCC(C)C. The van der Waals surface area contributed by atoms with Crippen molar-refractivity contribution in [1.29, 1.82) is 0 Å². The summed E-state index contributed by atoms with van der Waals surface area (Å²) < 4.78 is 5.15. The van der Waals surface area contributed by atoms with Crippen LogP contribution in [0.4, 0.5) is 0 Å². The molecule has 0 aromatic carbocycles. The Balaban J connectivity index is 3.25. The van der Waals surface area contributed by atoms with Crippen molar-refractivity contribution in [3.63, 3.8) is 0 Å². The molecule has 3 nitrogen and oxygen atoms in total. The van der Waals surface area contributed by atoms with Gasteiger partial charge in [-0.15, -0.1) is 0 Å². The third-order valence-electron chi connectivity index (χ3n) is 1.12. The number of hydrogen-bond donors (Lipinski definition) is 1. The first kappa shape index (κ1) is 11.2. The molecule has 0 spiro atoms. The van der Waals surface area contributed by atoms with Crippen LogP contribution in [0.3, 0.4) is 0 Å². The van der Waals surface area contributed by atoms with Crippen molar-refractivity contribution in [2.45, 2.75) is 20.8 Å².